The fourth-order valence-corrected chi connectivity index (χ4v) is 1.55. The maximum absolute atomic E-state index is 13.4. The normalized spacial score (nSPS) is 12.4. The van der Waals surface area contributed by atoms with Crippen molar-refractivity contribution in [2.75, 3.05) is 0 Å². The highest BCUT2D eigenvalue weighted by Crippen LogP contribution is 2.30. The quantitative estimate of drug-likeness (QED) is 0.453. The van der Waals surface area contributed by atoms with Crippen molar-refractivity contribution in [3.05, 3.63) is 35.0 Å². The molecule has 2 rings (SSSR count). The lowest BCUT2D eigenvalue weighted by molar-refractivity contribution is 0.0746. The summed E-state index contributed by atoms with van der Waals surface area (Å²) in [6.07, 6.45) is 0. The molecule has 1 aromatic heterocycles. The second kappa shape index (κ2) is 3.46. The Morgan fingerprint density at radius 2 is 1.53 bits per heavy atom. The molecule has 0 aliphatic heterocycles. The Labute approximate surface area is 93.9 Å². The molecule has 0 aliphatic rings. The predicted molar refractivity (Wildman–Crippen MR) is 53.4 cm³/mol. The first-order valence-corrected chi connectivity index (χ1v) is 4.81. The topological polar surface area (TPSA) is 36.0 Å². The maximum atomic E-state index is 13.4. The molecule has 0 amide bonds. The summed E-state index contributed by atoms with van der Waals surface area (Å²) in [6, 6.07) is 1.05. The van der Waals surface area contributed by atoms with Gasteiger partial charge >= 0.3 is 0 Å². The highest BCUT2D eigenvalue weighted by molar-refractivity contribution is 5.82. The van der Waals surface area contributed by atoms with E-state index in [0.29, 0.717) is 0 Å². The summed E-state index contributed by atoms with van der Waals surface area (Å²) >= 11 is 0. The zero-order valence-electron chi connectivity index (χ0n) is 9.04. The van der Waals surface area contributed by atoms with Crippen LogP contribution >= 0.6 is 0 Å². The lowest BCUT2D eigenvalue weighted by Gasteiger charge is -2.14. The Hall–Kier alpha value is -1.56. The summed E-state index contributed by atoms with van der Waals surface area (Å²) < 4.78 is 52.6. The number of aromatic amines is 1. The van der Waals surface area contributed by atoms with E-state index in [4.69, 9.17) is 0 Å². The first-order chi connectivity index (χ1) is 7.73. The van der Waals surface area contributed by atoms with Crippen molar-refractivity contribution in [2.45, 2.75) is 19.4 Å². The molecule has 0 spiro atoms. The lowest BCUT2D eigenvalue weighted by atomic mass is 10.1. The first-order valence-electron chi connectivity index (χ1n) is 4.81. The molecule has 0 saturated heterocycles. The first kappa shape index (κ1) is 11.9. The summed E-state index contributed by atoms with van der Waals surface area (Å²) in [6.45, 7) is 2.75. The molecule has 0 saturated carbocycles. The van der Waals surface area contributed by atoms with E-state index in [1.165, 1.54) is 13.8 Å². The van der Waals surface area contributed by atoms with E-state index in [-0.39, 0.29) is 5.69 Å². The molecule has 92 valence electrons. The number of rotatable bonds is 1. The average molecular weight is 247 g/mol. The molecule has 1 heterocycles. The van der Waals surface area contributed by atoms with Gasteiger partial charge < -0.3 is 10.1 Å². The van der Waals surface area contributed by atoms with Gasteiger partial charge in [-0.3, -0.25) is 0 Å². The van der Waals surface area contributed by atoms with Gasteiger partial charge in [-0.2, -0.15) is 0 Å². The van der Waals surface area contributed by atoms with Gasteiger partial charge in [0.15, 0.2) is 23.3 Å². The smallest absolute Gasteiger partial charge is 0.199 e. The van der Waals surface area contributed by atoms with Crippen LogP contribution in [-0.2, 0) is 5.60 Å². The molecule has 0 unspecified atom stereocenters. The van der Waals surface area contributed by atoms with E-state index in [1.807, 2.05) is 0 Å². The fraction of sp³-hybridized carbons (Fsp3) is 0.273. The van der Waals surface area contributed by atoms with Crippen molar-refractivity contribution in [1.29, 1.82) is 0 Å². The van der Waals surface area contributed by atoms with Gasteiger partial charge in [-0.05, 0) is 19.9 Å². The van der Waals surface area contributed by atoms with Crippen molar-refractivity contribution in [1.82, 2.24) is 4.98 Å². The van der Waals surface area contributed by atoms with Gasteiger partial charge in [-0.25, -0.2) is 17.6 Å². The van der Waals surface area contributed by atoms with Crippen molar-refractivity contribution in [3.8, 4) is 0 Å². The van der Waals surface area contributed by atoms with E-state index in [1.54, 1.807) is 0 Å². The number of hydrogen-bond donors (Lipinski definition) is 2. The van der Waals surface area contributed by atoms with Gasteiger partial charge in [-0.15, -0.1) is 0 Å². The standard InChI is InChI=1S/C11H9F4NO/c1-11(2,17)5-3-4-6(12)7(13)8(14)9(15)10(4)16-5/h3,16-17H,1-2H3. The molecule has 0 atom stereocenters. The van der Waals surface area contributed by atoms with E-state index in [9.17, 15) is 22.7 Å². The molecule has 6 heteroatoms. The van der Waals surface area contributed by atoms with Crippen LogP contribution < -0.4 is 0 Å². The predicted octanol–water partition coefficient (Wildman–Crippen LogP) is 2.95. The summed E-state index contributed by atoms with van der Waals surface area (Å²) in [5.41, 5.74) is -1.83. The summed E-state index contributed by atoms with van der Waals surface area (Å²) in [7, 11) is 0. The van der Waals surface area contributed by atoms with Crippen LogP contribution in [-0.4, -0.2) is 10.1 Å². The van der Waals surface area contributed by atoms with Crippen LogP contribution in [0.1, 0.15) is 19.5 Å². The fourth-order valence-electron chi connectivity index (χ4n) is 1.55. The minimum absolute atomic E-state index is 0.0651. The molecule has 17 heavy (non-hydrogen) atoms. The Morgan fingerprint density at radius 1 is 1.00 bits per heavy atom. The molecule has 2 aromatic rings. The Kier molecular flexibility index (Phi) is 2.43. The summed E-state index contributed by atoms with van der Waals surface area (Å²) in [5.74, 6) is -6.73. The highest BCUT2D eigenvalue weighted by Gasteiger charge is 2.25. The van der Waals surface area contributed by atoms with Gasteiger partial charge in [0, 0.05) is 11.1 Å². The molecular formula is C11H9F4NO. The van der Waals surface area contributed by atoms with Crippen LogP contribution in [0.3, 0.4) is 0 Å². The molecule has 2 nitrogen and oxygen atoms in total. The zero-order chi connectivity index (χ0) is 13.0. The molecular weight excluding hydrogens is 238 g/mol. The van der Waals surface area contributed by atoms with Crippen LogP contribution in [0.25, 0.3) is 10.9 Å². The Bertz CT molecular complexity index is 553. The number of H-pyrrole nitrogens is 1. The molecule has 0 radical (unpaired) electrons. The van der Waals surface area contributed by atoms with Crippen LogP contribution in [0.15, 0.2) is 6.07 Å². The van der Waals surface area contributed by atoms with Crippen molar-refractivity contribution >= 4 is 10.9 Å². The zero-order valence-corrected chi connectivity index (χ0v) is 9.04. The van der Waals surface area contributed by atoms with Crippen LogP contribution in [0.4, 0.5) is 17.6 Å². The van der Waals surface area contributed by atoms with Crippen LogP contribution in [0.2, 0.25) is 0 Å². The number of fused-ring (bicyclic) bond motifs is 1. The summed E-state index contributed by atoms with van der Waals surface area (Å²) in [4.78, 5) is 2.34. The van der Waals surface area contributed by atoms with Crippen LogP contribution in [0, 0.1) is 23.3 Å². The molecule has 2 N–H and O–H groups in total. The number of nitrogens with one attached hydrogen (secondary N) is 1. The van der Waals surface area contributed by atoms with E-state index >= 15 is 0 Å². The third-order valence-electron chi connectivity index (χ3n) is 2.51. The highest BCUT2D eigenvalue weighted by atomic mass is 19.2. The molecule has 1 aromatic carbocycles. The number of halogens is 4. The Balaban J connectivity index is 2.86. The third kappa shape index (κ3) is 1.68. The van der Waals surface area contributed by atoms with E-state index in [0.717, 1.165) is 6.07 Å². The van der Waals surface area contributed by atoms with Gasteiger partial charge in [0.1, 0.15) is 0 Å². The minimum Gasteiger partial charge on any atom is -0.384 e. The van der Waals surface area contributed by atoms with Crippen molar-refractivity contribution in [3.63, 3.8) is 0 Å². The second-order valence-electron chi connectivity index (χ2n) is 4.29. The summed E-state index contributed by atoms with van der Waals surface area (Å²) in [5, 5.41) is 9.21. The van der Waals surface area contributed by atoms with Gasteiger partial charge in [0.25, 0.3) is 0 Å². The minimum atomic E-state index is -1.88. The van der Waals surface area contributed by atoms with Crippen molar-refractivity contribution < 1.29 is 22.7 Å². The number of aliphatic hydroxyl groups is 1. The molecule has 0 aliphatic carbocycles. The van der Waals surface area contributed by atoms with Gasteiger partial charge in [0.05, 0.1) is 11.1 Å². The molecule has 0 bridgehead atoms. The Morgan fingerprint density at radius 3 is 2.06 bits per heavy atom. The second-order valence-corrected chi connectivity index (χ2v) is 4.29. The van der Waals surface area contributed by atoms with Crippen molar-refractivity contribution in [2.24, 2.45) is 0 Å². The lowest BCUT2D eigenvalue weighted by Crippen LogP contribution is -2.15. The average Bonchev–Trinajstić information content (AvgIpc) is 2.67. The molecule has 0 fully saturated rings. The SMILES string of the molecule is CC(C)(O)c1cc2c(F)c(F)c(F)c(F)c2[nH]1. The monoisotopic (exact) mass is 247 g/mol. The van der Waals surface area contributed by atoms with E-state index < -0.39 is 39.8 Å². The van der Waals surface area contributed by atoms with Crippen LogP contribution in [0.5, 0.6) is 0 Å². The number of hydrogen-bond acceptors (Lipinski definition) is 1. The largest absolute Gasteiger partial charge is 0.384 e. The van der Waals surface area contributed by atoms with Gasteiger partial charge in [0.2, 0.25) is 0 Å². The third-order valence-corrected chi connectivity index (χ3v) is 2.51. The van der Waals surface area contributed by atoms with E-state index in [2.05, 4.69) is 4.98 Å². The number of aromatic nitrogens is 1. The van der Waals surface area contributed by atoms with Gasteiger partial charge in [-0.1, -0.05) is 0 Å². The maximum Gasteiger partial charge on any atom is 0.199 e. The number of benzene rings is 1.